The van der Waals surface area contributed by atoms with Crippen molar-refractivity contribution in [1.82, 2.24) is 4.90 Å². The molecule has 1 rings (SSSR count). The van der Waals surface area contributed by atoms with Gasteiger partial charge in [0.2, 0.25) is 0 Å². The van der Waals surface area contributed by atoms with Gasteiger partial charge in [0.05, 0.1) is 6.61 Å². The van der Waals surface area contributed by atoms with Crippen LogP contribution in [0.1, 0.15) is 19.8 Å². The number of nitrogens with zero attached hydrogens (tertiary/aromatic N) is 1. The molecule has 1 atom stereocenters. The Morgan fingerprint density at radius 2 is 2.50 bits per heavy atom. The van der Waals surface area contributed by atoms with Crippen molar-refractivity contribution in [3.63, 3.8) is 0 Å². The number of hydrogen-bond acceptors (Lipinski definition) is 2. The number of methoxy groups -OCH3 is 1. The van der Waals surface area contributed by atoms with Gasteiger partial charge in [-0.2, -0.15) is 0 Å². The molecule has 2 heteroatoms. The number of rotatable bonds is 3. The molecule has 2 nitrogen and oxygen atoms in total. The van der Waals surface area contributed by atoms with Crippen LogP contribution >= 0.6 is 0 Å². The summed E-state index contributed by atoms with van der Waals surface area (Å²) in [5, 5.41) is 0. The number of hydrogen-bond donors (Lipinski definition) is 0. The minimum Gasteiger partial charge on any atom is -0.383 e. The zero-order chi connectivity index (χ0) is 7.40. The van der Waals surface area contributed by atoms with E-state index in [-0.39, 0.29) is 0 Å². The fourth-order valence-electron chi connectivity index (χ4n) is 1.57. The van der Waals surface area contributed by atoms with Crippen molar-refractivity contribution in [3.8, 4) is 0 Å². The van der Waals surface area contributed by atoms with Gasteiger partial charge in [-0.1, -0.05) is 0 Å². The summed E-state index contributed by atoms with van der Waals surface area (Å²) in [6.07, 6.45) is 2.61. The monoisotopic (exact) mass is 142 g/mol. The first-order chi connectivity index (χ1) is 4.88. The first-order valence-electron chi connectivity index (χ1n) is 3.92. The summed E-state index contributed by atoms with van der Waals surface area (Å²) in [4.78, 5) is 2.36. The van der Waals surface area contributed by atoms with Crippen LogP contribution in [0.5, 0.6) is 0 Å². The van der Waals surface area contributed by atoms with Crippen molar-refractivity contribution in [3.05, 3.63) is 6.54 Å². The highest BCUT2D eigenvalue weighted by Gasteiger charge is 2.22. The van der Waals surface area contributed by atoms with E-state index < -0.39 is 0 Å². The Morgan fingerprint density at radius 3 is 3.10 bits per heavy atom. The lowest BCUT2D eigenvalue weighted by atomic mass is 10.2. The van der Waals surface area contributed by atoms with Gasteiger partial charge < -0.3 is 4.74 Å². The molecule has 0 bridgehead atoms. The van der Waals surface area contributed by atoms with Gasteiger partial charge in [0.15, 0.2) is 0 Å². The van der Waals surface area contributed by atoms with Gasteiger partial charge in [-0.15, -0.1) is 0 Å². The first-order valence-corrected chi connectivity index (χ1v) is 3.92. The van der Waals surface area contributed by atoms with Gasteiger partial charge in [0.1, 0.15) is 0 Å². The molecule has 0 aromatic rings. The second-order valence-corrected chi connectivity index (χ2v) is 2.75. The van der Waals surface area contributed by atoms with Gasteiger partial charge in [0.25, 0.3) is 0 Å². The third-order valence-corrected chi connectivity index (χ3v) is 2.11. The molecule has 1 fully saturated rings. The summed E-state index contributed by atoms with van der Waals surface area (Å²) in [5.41, 5.74) is 0. The van der Waals surface area contributed by atoms with E-state index in [4.69, 9.17) is 4.74 Å². The molecule has 1 aliphatic rings. The molecular weight excluding hydrogens is 126 g/mol. The van der Waals surface area contributed by atoms with E-state index in [1.807, 2.05) is 0 Å². The summed E-state index contributed by atoms with van der Waals surface area (Å²) in [6.45, 7) is 6.35. The van der Waals surface area contributed by atoms with Gasteiger partial charge >= 0.3 is 0 Å². The summed E-state index contributed by atoms with van der Waals surface area (Å²) in [6, 6.07) is 0.648. The first kappa shape index (κ1) is 8.02. The smallest absolute Gasteiger partial charge is 0.0618 e. The fraction of sp³-hybridized carbons (Fsp3) is 0.875. The molecular formula is C8H16NO. The Kier molecular flexibility index (Phi) is 3.16. The van der Waals surface area contributed by atoms with Crippen molar-refractivity contribution in [2.45, 2.75) is 25.8 Å². The minimum atomic E-state index is 0.648. The Hall–Kier alpha value is -0.0800. The van der Waals surface area contributed by atoms with Crippen LogP contribution in [0.2, 0.25) is 0 Å². The molecule has 1 saturated heterocycles. The van der Waals surface area contributed by atoms with Crippen LogP contribution in [0.4, 0.5) is 0 Å². The number of ether oxygens (including phenoxy) is 1. The van der Waals surface area contributed by atoms with Gasteiger partial charge in [-0.3, -0.25) is 4.90 Å². The van der Waals surface area contributed by atoms with Crippen LogP contribution in [0, 0.1) is 6.54 Å². The van der Waals surface area contributed by atoms with Crippen LogP contribution in [0.25, 0.3) is 0 Å². The maximum absolute atomic E-state index is 5.10. The maximum Gasteiger partial charge on any atom is 0.0618 e. The molecule has 0 aliphatic carbocycles. The molecule has 0 saturated carbocycles. The molecule has 0 aromatic carbocycles. The fourth-order valence-corrected chi connectivity index (χ4v) is 1.57. The third kappa shape index (κ3) is 1.70. The molecule has 1 heterocycles. The van der Waals surface area contributed by atoms with Gasteiger partial charge in [-0.05, 0) is 26.3 Å². The highest BCUT2D eigenvalue weighted by atomic mass is 16.5. The minimum absolute atomic E-state index is 0.648. The van der Waals surface area contributed by atoms with Crippen molar-refractivity contribution < 1.29 is 4.74 Å². The lowest BCUT2D eigenvalue weighted by molar-refractivity contribution is 0.130. The van der Waals surface area contributed by atoms with Crippen molar-refractivity contribution >= 4 is 0 Å². The second-order valence-electron chi connectivity index (χ2n) is 2.75. The van der Waals surface area contributed by atoms with Crippen molar-refractivity contribution in [2.75, 3.05) is 20.3 Å². The van der Waals surface area contributed by atoms with E-state index in [0.717, 1.165) is 6.61 Å². The van der Waals surface area contributed by atoms with Gasteiger partial charge in [-0.25, -0.2) is 0 Å². The molecule has 1 aliphatic heterocycles. The quantitative estimate of drug-likeness (QED) is 0.588. The zero-order valence-electron chi connectivity index (χ0n) is 6.84. The van der Waals surface area contributed by atoms with E-state index in [2.05, 4.69) is 18.4 Å². The Labute approximate surface area is 63.2 Å². The van der Waals surface area contributed by atoms with Crippen LogP contribution in [-0.2, 0) is 4.74 Å². The summed E-state index contributed by atoms with van der Waals surface area (Å²) in [5.74, 6) is 0. The van der Waals surface area contributed by atoms with E-state index in [9.17, 15) is 0 Å². The van der Waals surface area contributed by atoms with E-state index in [1.54, 1.807) is 7.11 Å². The van der Waals surface area contributed by atoms with Crippen LogP contribution < -0.4 is 0 Å². The molecule has 0 spiro atoms. The second kappa shape index (κ2) is 3.94. The van der Waals surface area contributed by atoms with Crippen LogP contribution in [0.3, 0.4) is 0 Å². The SMILES string of the molecule is C[CH]N1CCCC1COC. The van der Waals surface area contributed by atoms with Crippen LogP contribution in [0.15, 0.2) is 0 Å². The average Bonchev–Trinajstić information content (AvgIpc) is 2.36. The molecule has 0 aromatic heterocycles. The van der Waals surface area contributed by atoms with Gasteiger partial charge in [0, 0.05) is 19.7 Å². The molecule has 0 N–H and O–H groups in total. The molecule has 1 unspecified atom stereocenters. The van der Waals surface area contributed by atoms with E-state index in [1.165, 1.54) is 19.4 Å². The van der Waals surface area contributed by atoms with Crippen LogP contribution in [-0.4, -0.2) is 31.2 Å². The lowest BCUT2D eigenvalue weighted by Crippen LogP contribution is -2.29. The van der Waals surface area contributed by atoms with Crippen molar-refractivity contribution in [1.29, 1.82) is 0 Å². The summed E-state index contributed by atoms with van der Waals surface area (Å²) >= 11 is 0. The van der Waals surface area contributed by atoms with E-state index >= 15 is 0 Å². The highest BCUT2D eigenvalue weighted by Crippen LogP contribution is 2.17. The average molecular weight is 142 g/mol. The molecule has 1 radical (unpaired) electrons. The predicted octanol–water partition coefficient (Wildman–Crippen LogP) is 1.28. The Bertz CT molecular complexity index is 95.3. The standard InChI is InChI=1S/C8H16NO/c1-3-9-6-4-5-8(9)7-10-2/h3,8H,4-7H2,1-2H3. The third-order valence-electron chi connectivity index (χ3n) is 2.11. The molecule has 10 heavy (non-hydrogen) atoms. The Morgan fingerprint density at radius 1 is 1.70 bits per heavy atom. The largest absolute Gasteiger partial charge is 0.383 e. The Balaban J connectivity index is 2.27. The zero-order valence-corrected chi connectivity index (χ0v) is 6.84. The highest BCUT2D eigenvalue weighted by molar-refractivity contribution is 4.81. The topological polar surface area (TPSA) is 12.5 Å². The predicted molar refractivity (Wildman–Crippen MR) is 41.6 cm³/mol. The van der Waals surface area contributed by atoms with E-state index in [0.29, 0.717) is 6.04 Å². The lowest BCUT2D eigenvalue weighted by Gasteiger charge is -2.20. The molecule has 59 valence electrons. The van der Waals surface area contributed by atoms with Crippen molar-refractivity contribution in [2.24, 2.45) is 0 Å². The maximum atomic E-state index is 5.10. The normalized spacial score (nSPS) is 27.6. The summed E-state index contributed by atoms with van der Waals surface area (Å²) < 4.78 is 5.10. The molecule has 0 amide bonds. The number of likely N-dealkylation sites (tertiary alicyclic amines) is 1. The summed E-state index contributed by atoms with van der Waals surface area (Å²) in [7, 11) is 1.77.